The van der Waals surface area contributed by atoms with E-state index in [4.69, 9.17) is 4.74 Å². The van der Waals surface area contributed by atoms with Crippen LogP contribution in [0.5, 0.6) is 5.75 Å². The van der Waals surface area contributed by atoms with Gasteiger partial charge in [0.15, 0.2) is 0 Å². The van der Waals surface area contributed by atoms with Crippen molar-refractivity contribution >= 4 is 22.4 Å². The Bertz CT molecular complexity index is 665. The Labute approximate surface area is 126 Å². The number of rotatable bonds is 5. The summed E-state index contributed by atoms with van der Waals surface area (Å²) in [5.74, 6) is 0.539. The van der Waals surface area contributed by atoms with Crippen LogP contribution in [0.15, 0.2) is 34.4 Å². The van der Waals surface area contributed by atoms with Gasteiger partial charge >= 0.3 is 6.03 Å². The predicted molar refractivity (Wildman–Crippen MR) is 83.3 cm³/mol. The molecule has 6 nitrogen and oxygen atoms in total. The summed E-state index contributed by atoms with van der Waals surface area (Å²) in [5.41, 5.74) is 0.645. The van der Waals surface area contributed by atoms with Crippen LogP contribution in [-0.4, -0.2) is 24.3 Å². The number of pyridine rings is 1. The molecule has 0 aromatic carbocycles. The van der Waals surface area contributed by atoms with Gasteiger partial charge in [0.05, 0.1) is 12.1 Å². The van der Waals surface area contributed by atoms with Crippen molar-refractivity contribution in [3.8, 4) is 5.75 Å². The number of amides is 2. The van der Waals surface area contributed by atoms with Crippen molar-refractivity contribution in [3.63, 3.8) is 0 Å². The fourth-order valence-corrected chi connectivity index (χ4v) is 2.50. The largest absolute Gasteiger partial charge is 0.496 e. The van der Waals surface area contributed by atoms with Crippen LogP contribution in [0, 0.1) is 6.92 Å². The maximum Gasteiger partial charge on any atom is 0.319 e. The number of thiophene rings is 1. The third kappa shape index (κ3) is 4.09. The Balaban J connectivity index is 1.89. The van der Waals surface area contributed by atoms with Gasteiger partial charge in [-0.05, 0) is 30.5 Å². The lowest BCUT2D eigenvalue weighted by Crippen LogP contribution is -2.34. The lowest BCUT2D eigenvalue weighted by atomic mass is 10.3. The molecular weight excluding hydrogens is 290 g/mol. The third-order valence-electron chi connectivity index (χ3n) is 2.92. The number of methoxy groups -OCH3 is 1. The van der Waals surface area contributed by atoms with Crippen LogP contribution in [-0.2, 0) is 6.54 Å². The number of carbonyl (C=O) groups is 1. The van der Waals surface area contributed by atoms with Crippen molar-refractivity contribution in [3.05, 3.63) is 45.7 Å². The minimum atomic E-state index is -0.281. The molecule has 0 aliphatic heterocycles. The molecule has 0 unspecified atom stereocenters. The van der Waals surface area contributed by atoms with Crippen LogP contribution in [0.1, 0.15) is 5.69 Å². The molecule has 0 fully saturated rings. The van der Waals surface area contributed by atoms with E-state index in [0.717, 1.165) is 10.7 Å². The average Bonchev–Trinajstić information content (AvgIpc) is 2.94. The van der Waals surface area contributed by atoms with Gasteiger partial charge in [0.25, 0.3) is 5.56 Å². The lowest BCUT2D eigenvalue weighted by molar-refractivity contribution is 0.251. The highest BCUT2D eigenvalue weighted by atomic mass is 32.1. The quantitative estimate of drug-likeness (QED) is 0.888. The molecule has 2 heterocycles. The Hall–Kier alpha value is -2.28. The Kier molecular flexibility index (Phi) is 4.99. The second-order valence-electron chi connectivity index (χ2n) is 4.38. The molecular formula is C14H17N3O3S. The molecule has 0 bridgehead atoms. The molecule has 0 saturated heterocycles. The number of carbonyl (C=O) groups excluding carboxylic acids is 1. The first-order chi connectivity index (χ1) is 10.1. The second-order valence-corrected chi connectivity index (χ2v) is 5.33. The first-order valence-electron chi connectivity index (χ1n) is 6.44. The Morgan fingerprint density at radius 3 is 2.86 bits per heavy atom. The normalized spacial score (nSPS) is 10.2. The minimum Gasteiger partial charge on any atom is -0.496 e. The number of anilines is 1. The molecule has 7 heteroatoms. The van der Waals surface area contributed by atoms with Crippen LogP contribution in [0.4, 0.5) is 9.80 Å². The van der Waals surface area contributed by atoms with Crippen molar-refractivity contribution in [1.29, 1.82) is 0 Å². The van der Waals surface area contributed by atoms with Crippen LogP contribution in [0.2, 0.25) is 0 Å². The van der Waals surface area contributed by atoms with E-state index < -0.39 is 0 Å². The van der Waals surface area contributed by atoms with Gasteiger partial charge in [0, 0.05) is 24.8 Å². The van der Waals surface area contributed by atoms with E-state index in [0.29, 0.717) is 18.8 Å². The molecule has 2 rings (SSSR count). The molecule has 2 aromatic heterocycles. The van der Waals surface area contributed by atoms with E-state index in [2.05, 4.69) is 10.6 Å². The molecule has 0 spiro atoms. The van der Waals surface area contributed by atoms with E-state index in [1.54, 1.807) is 10.6 Å². The van der Waals surface area contributed by atoms with Crippen molar-refractivity contribution in [2.45, 2.75) is 13.5 Å². The molecule has 2 aromatic rings. The predicted octanol–water partition coefficient (Wildman–Crippen LogP) is 2.05. The van der Waals surface area contributed by atoms with Gasteiger partial charge in [0.1, 0.15) is 5.75 Å². The summed E-state index contributed by atoms with van der Waals surface area (Å²) in [6.07, 6.45) is 0. The van der Waals surface area contributed by atoms with E-state index >= 15 is 0 Å². The first kappa shape index (κ1) is 15.1. The highest BCUT2D eigenvalue weighted by molar-refractivity contribution is 7.14. The van der Waals surface area contributed by atoms with Gasteiger partial charge in [0.2, 0.25) is 0 Å². The highest BCUT2D eigenvalue weighted by Crippen LogP contribution is 2.14. The van der Waals surface area contributed by atoms with Crippen molar-refractivity contribution in [2.75, 3.05) is 19.0 Å². The molecule has 2 N–H and O–H groups in total. The summed E-state index contributed by atoms with van der Waals surface area (Å²) in [6, 6.07) is 6.62. The third-order valence-corrected chi connectivity index (χ3v) is 3.71. The second kappa shape index (κ2) is 6.94. The number of aryl methyl sites for hydroxylation is 1. The number of ether oxygens (including phenoxy) is 1. The zero-order valence-corrected chi connectivity index (χ0v) is 12.7. The Morgan fingerprint density at radius 1 is 1.43 bits per heavy atom. The van der Waals surface area contributed by atoms with Gasteiger partial charge < -0.3 is 14.6 Å². The number of nitrogens with one attached hydrogen (secondary N) is 2. The van der Waals surface area contributed by atoms with Crippen LogP contribution >= 0.6 is 11.3 Å². The standard InChI is InChI=1S/C14H17N3O3S/c1-10-8-11(20-2)9-13(18)17(10)6-5-15-14(19)16-12-4-3-7-21-12/h3-4,7-9H,5-6H2,1-2H3,(H2,15,16,19). The van der Waals surface area contributed by atoms with Crippen molar-refractivity contribution in [2.24, 2.45) is 0 Å². The van der Waals surface area contributed by atoms with Crippen molar-refractivity contribution < 1.29 is 9.53 Å². The first-order valence-corrected chi connectivity index (χ1v) is 7.32. The van der Waals surface area contributed by atoms with Crippen molar-refractivity contribution in [1.82, 2.24) is 9.88 Å². The monoisotopic (exact) mass is 307 g/mol. The van der Waals surface area contributed by atoms with E-state index in [9.17, 15) is 9.59 Å². The SMILES string of the molecule is COc1cc(C)n(CCNC(=O)Nc2cccs2)c(=O)c1. The number of hydrogen-bond acceptors (Lipinski definition) is 4. The topological polar surface area (TPSA) is 72.4 Å². The zero-order valence-electron chi connectivity index (χ0n) is 11.9. The van der Waals surface area contributed by atoms with Crippen LogP contribution in [0.3, 0.4) is 0 Å². The van der Waals surface area contributed by atoms with Crippen LogP contribution < -0.4 is 20.9 Å². The fraction of sp³-hybridized carbons (Fsp3) is 0.286. The smallest absolute Gasteiger partial charge is 0.319 e. The minimum absolute atomic E-state index is 0.146. The van der Waals surface area contributed by atoms with E-state index in [1.165, 1.54) is 24.5 Å². The van der Waals surface area contributed by atoms with Gasteiger partial charge in [-0.3, -0.25) is 10.1 Å². The number of aromatic nitrogens is 1. The Morgan fingerprint density at radius 2 is 2.24 bits per heavy atom. The van der Waals surface area contributed by atoms with E-state index in [1.807, 2.05) is 24.4 Å². The molecule has 0 atom stereocenters. The van der Waals surface area contributed by atoms with Gasteiger partial charge in [-0.1, -0.05) is 0 Å². The average molecular weight is 307 g/mol. The van der Waals surface area contributed by atoms with Gasteiger partial charge in [-0.15, -0.1) is 11.3 Å². The molecule has 0 radical (unpaired) electrons. The summed E-state index contributed by atoms with van der Waals surface area (Å²) in [4.78, 5) is 23.6. The molecule has 0 aliphatic rings. The molecule has 21 heavy (non-hydrogen) atoms. The molecule has 0 aliphatic carbocycles. The number of hydrogen-bond donors (Lipinski definition) is 2. The summed E-state index contributed by atoms with van der Waals surface area (Å²) in [7, 11) is 1.52. The van der Waals surface area contributed by atoms with Gasteiger partial charge in [-0.25, -0.2) is 4.79 Å². The maximum absolute atomic E-state index is 11.9. The fourth-order valence-electron chi connectivity index (χ4n) is 1.89. The van der Waals surface area contributed by atoms with Gasteiger partial charge in [-0.2, -0.15) is 0 Å². The summed E-state index contributed by atoms with van der Waals surface area (Å²) in [5, 5.41) is 8.10. The maximum atomic E-state index is 11.9. The summed E-state index contributed by atoms with van der Waals surface area (Å²) >= 11 is 1.45. The zero-order chi connectivity index (χ0) is 15.2. The summed E-state index contributed by atoms with van der Waals surface area (Å²) in [6.45, 7) is 2.60. The molecule has 2 amide bonds. The molecule has 0 saturated carbocycles. The summed E-state index contributed by atoms with van der Waals surface area (Å²) < 4.78 is 6.63. The number of urea groups is 1. The lowest BCUT2D eigenvalue weighted by Gasteiger charge is -2.12. The van der Waals surface area contributed by atoms with Crippen LogP contribution in [0.25, 0.3) is 0 Å². The highest BCUT2D eigenvalue weighted by Gasteiger charge is 2.05. The molecule has 112 valence electrons. The number of nitrogens with zero attached hydrogens (tertiary/aromatic N) is 1. The van der Waals surface area contributed by atoms with E-state index in [-0.39, 0.29) is 11.6 Å².